The molecule has 0 radical (unpaired) electrons. The summed E-state index contributed by atoms with van der Waals surface area (Å²) in [4.78, 5) is 19.5. The Bertz CT molecular complexity index is 1110. The van der Waals surface area contributed by atoms with Gasteiger partial charge in [0.1, 0.15) is 22.3 Å². The van der Waals surface area contributed by atoms with Crippen LogP contribution in [-0.4, -0.2) is 104 Å². The molecule has 2 atom stereocenters. The molecule has 0 spiro atoms. The number of nitrogens with one attached hydrogen (secondary N) is 1. The average molecular weight is 636 g/mol. The summed E-state index contributed by atoms with van der Waals surface area (Å²) in [6.07, 6.45) is 0.985. The first-order valence-corrected chi connectivity index (χ1v) is 15.1. The number of sulfonamides is 1. The van der Waals surface area contributed by atoms with Gasteiger partial charge in [0.05, 0.1) is 17.5 Å². The predicted octanol–water partition coefficient (Wildman–Crippen LogP) is 2.16. The van der Waals surface area contributed by atoms with Crippen molar-refractivity contribution in [2.45, 2.75) is 35.4 Å². The third kappa shape index (κ3) is 5.24. The zero-order chi connectivity index (χ0) is 26.0. The van der Waals surface area contributed by atoms with Crippen LogP contribution in [0.15, 0.2) is 34.4 Å². The van der Waals surface area contributed by atoms with E-state index in [9.17, 15) is 17.6 Å². The molecule has 1 amide bonds. The highest BCUT2D eigenvalue weighted by Crippen LogP contribution is 2.41. The smallest absolute Gasteiger partial charge is 0.268 e. The maximum absolute atomic E-state index is 13.5. The first-order chi connectivity index (χ1) is 17.2. The highest BCUT2D eigenvalue weighted by Gasteiger charge is 2.43. The second-order valence-electron chi connectivity index (χ2n) is 9.24. The number of nitrogens with zero attached hydrogens (tertiary/aromatic N) is 4. The van der Waals surface area contributed by atoms with Gasteiger partial charge in [-0.3, -0.25) is 14.6 Å². The van der Waals surface area contributed by atoms with Crippen molar-refractivity contribution < 1.29 is 22.3 Å². The normalized spacial score (nSPS) is 24.2. The number of ether oxygens (including phenoxy) is 1. The molecule has 3 aliphatic heterocycles. The lowest BCUT2D eigenvalue weighted by atomic mass is 9.97. The van der Waals surface area contributed by atoms with Crippen molar-refractivity contribution >= 4 is 38.5 Å². The summed E-state index contributed by atoms with van der Waals surface area (Å²) in [5.41, 5.74) is 2.22. The number of carbonyl (C=O) groups is 1. The Kier molecular flexibility index (Phi) is 8.80. The van der Waals surface area contributed by atoms with Crippen LogP contribution in [0.5, 0.6) is 5.75 Å². The van der Waals surface area contributed by atoms with Gasteiger partial charge < -0.3 is 15.0 Å². The minimum atomic E-state index is -3.76. The lowest BCUT2D eigenvalue weighted by Crippen LogP contribution is -2.49. The van der Waals surface area contributed by atoms with Gasteiger partial charge >= 0.3 is 0 Å². The summed E-state index contributed by atoms with van der Waals surface area (Å²) < 4.78 is 47.2. The fourth-order valence-electron chi connectivity index (χ4n) is 5.17. The maximum Gasteiger partial charge on any atom is 0.268 e. The first-order valence-electron chi connectivity index (χ1n) is 12.4. The molecule has 0 saturated carbocycles. The molecular weight excluding hydrogens is 600 g/mol. The molecule has 1 aromatic rings. The largest absolute Gasteiger partial charge is 0.494 e. The Morgan fingerprint density at radius 1 is 1.17 bits per heavy atom. The lowest BCUT2D eigenvalue weighted by molar-refractivity contribution is -0.118. The zero-order valence-electron chi connectivity index (χ0n) is 21.0. The van der Waals surface area contributed by atoms with Crippen molar-refractivity contribution in [2.75, 3.05) is 66.1 Å². The van der Waals surface area contributed by atoms with Crippen LogP contribution >= 0.6 is 22.6 Å². The zero-order valence-corrected chi connectivity index (χ0v) is 24.0. The summed E-state index contributed by atoms with van der Waals surface area (Å²) in [6.45, 7) is 7.42. The number of rotatable bonds is 9. The number of hydrogen-bond donors (Lipinski definition) is 1. The number of hydrogen-bond acceptors (Lipinski definition) is 7. The van der Waals surface area contributed by atoms with E-state index >= 15 is 0 Å². The van der Waals surface area contributed by atoms with E-state index < -0.39 is 22.7 Å². The molecule has 1 N–H and O–H groups in total. The number of benzene rings is 1. The van der Waals surface area contributed by atoms with Crippen LogP contribution in [0.4, 0.5) is 4.39 Å². The van der Waals surface area contributed by atoms with E-state index in [-0.39, 0.29) is 15.0 Å². The van der Waals surface area contributed by atoms with E-state index in [1.165, 1.54) is 4.31 Å². The van der Waals surface area contributed by atoms with Gasteiger partial charge in [-0.05, 0) is 59.7 Å². The molecule has 1 aromatic carbocycles. The molecule has 200 valence electrons. The molecule has 0 bridgehead atoms. The average Bonchev–Trinajstić information content (AvgIpc) is 3.19. The molecule has 0 aromatic heterocycles. The van der Waals surface area contributed by atoms with Gasteiger partial charge in [-0.1, -0.05) is 6.92 Å². The van der Waals surface area contributed by atoms with E-state index in [2.05, 4.69) is 39.7 Å². The van der Waals surface area contributed by atoms with E-state index in [0.717, 1.165) is 18.5 Å². The van der Waals surface area contributed by atoms with Crippen LogP contribution in [0.1, 0.15) is 31.9 Å². The highest BCUT2D eigenvalue weighted by atomic mass is 127. The van der Waals surface area contributed by atoms with E-state index in [1.54, 1.807) is 18.2 Å². The fraction of sp³-hybridized carbons (Fsp3) is 0.625. The van der Waals surface area contributed by atoms with Gasteiger partial charge in [-0.2, -0.15) is 4.31 Å². The highest BCUT2D eigenvalue weighted by molar-refractivity contribution is 14.1. The Balaban J connectivity index is 1.69. The van der Waals surface area contributed by atoms with Gasteiger partial charge in [0.2, 0.25) is 10.0 Å². The maximum atomic E-state index is 13.5. The number of amides is 1. The minimum absolute atomic E-state index is 0.0555. The Morgan fingerprint density at radius 2 is 1.89 bits per heavy atom. The number of likely N-dealkylation sites (N-methyl/N-ethyl adjacent to an activating group) is 1. The number of halogens is 2. The molecule has 1 saturated heterocycles. The molecule has 1 fully saturated rings. The Morgan fingerprint density at radius 3 is 2.53 bits per heavy atom. The van der Waals surface area contributed by atoms with Gasteiger partial charge in [0.15, 0.2) is 0 Å². The summed E-state index contributed by atoms with van der Waals surface area (Å²) in [5.74, 6) is 0.402. The predicted molar refractivity (Wildman–Crippen MR) is 144 cm³/mol. The van der Waals surface area contributed by atoms with Crippen LogP contribution in [0.3, 0.4) is 0 Å². The van der Waals surface area contributed by atoms with Gasteiger partial charge in [0, 0.05) is 58.4 Å². The summed E-state index contributed by atoms with van der Waals surface area (Å²) in [6, 6.07) is 4.43. The quantitative estimate of drug-likeness (QED) is 0.253. The van der Waals surface area contributed by atoms with Crippen molar-refractivity contribution in [3.8, 4) is 5.75 Å². The van der Waals surface area contributed by atoms with Crippen LogP contribution in [0.2, 0.25) is 0 Å². The van der Waals surface area contributed by atoms with Gasteiger partial charge in [0.25, 0.3) is 5.91 Å². The van der Waals surface area contributed by atoms with E-state index in [0.29, 0.717) is 62.9 Å². The molecule has 0 aliphatic carbocycles. The number of piperazine rings is 1. The SMILES string of the molecule is CCCN1CC2=C(C(=O)NC2c2cc(S(=O)(=O)N3CCN(CCF)CC3)ccc2OCC)N(C)C1I. The third-order valence-electron chi connectivity index (χ3n) is 6.96. The van der Waals surface area contributed by atoms with Gasteiger partial charge in [-0.15, -0.1) is 0 Å². The third-order valence-corrected chi connectivity index (χ3v) is 10.5. The molecule has 4 rings (SSSR count). The topological polar surface area (TPSA) is 85.4 Å². The van der Waals surface area contributed by atoms with Crippen LogP contribution in [0, 0.1) is 0 Å². The minimum Gasteiger partial charge on any atom is -0.494 e. The monoisotopic (exact) mass is 635 g/mol. The Labute approximate surface area is 226 Å². The summed E-state index contributed by atoms with van der Waals surface area (Å²) >= 11 is 2.35. The number of alkyl halides is 2. The number of carbonyl (C=O) groups excluding carboxylic acids is 1. The Hall–Kier alpha value is -1.48. The standard InChI is InChI=1S/C24H35FIN5O4S/c1-4-9-30-16-19-21(27-23(32)22(19)28(3)24(30)26)18-15-17(6-7-20(18)35-5-2)36(33,34)31-13-11-29(10-8-25)12-14-31/h6-7,15,21,24H,4-5,8-14,16H2,1-3H3,(H,27,32). The molecule has 12 heteroatoms. The van der Waals surface area contributed by atoms with Crippen molar-refractivity contribution in [1.29, 1.82) is 0 Å². The molecule has 36 heavy (non-hydrogen) atoms. The molecule has 2 unspecified atom stereocenters. The summed E-state index contributed by atoms with van der Waals surface area (Å²) in [7, 11) is -1.84. The second kappa shape index (κ2) is 11.5. The molecular formula is C24H35FIN5O4S. The van der Waals surface area contributed by atoms with Crippen molar-refractivity contribution in [2.24, 2.45) is 0 Å². The van der Waals surface area contributed by atoms with E-state index in [1.807, 2.05) is 23.8 Å². The van der Waals surface area contributed by atoms with Crippen LogP contribution in [0.25, 0.3) is 0 Å². The molecule has 3 heterocycles. The summed E-state index contributed by atoms with van der Waals surface area (Å²) in [5, 5.41) is 3.09. The van der Waals surface area contributed by atoms with Gasteiger partial charge in [-0.25, -0.2) is 12.8 Å². The van der Waals surface area contributed by atoms with Crippen molar-refractivity contribution in [3.05, 3.63) is 35.0 Å². The van der Waals surface area contributed by atoms with Crippen molar-refractivity contribution in [1.82, 2.24) is 24.3 Å². The molecule has 3 aliphatic rings. The second-order valence-corrected chi connectivity index (χ2v) is 12.3. The van der Waals surface area contributed by atoms with Crippen LogP contribution < -0.4 is 10.1 Å². The first kappa shape index (κ1) is 27.6. The molecule has 9 nitrogen and oxygen atoms in total. The van der Waals surface area contributed by atoms with E-state index in [4.69, 9.17) is 4.74 Å². The lowest BCUT2D eigenvalue weighted by Gasteiger charge is -2.40. The van der Waals surface area contributed by atoms with Crippen LogP contribution in [-0.2, 0) is 14.8 Å². The van der Waals surface area contributed by atoms with Crippen molar-refractivity contribution in [3.63, 3.8) is 0 Å². The fourth-order valence-corrected chi connectivity index (χ4v) is 7.38.